The fourth-order valence-corrected chi connectivity index (χ4v) is 5.50. The predicted molar refractivity (Wildman–Crippen MR) is 124 cm³/mol. The van der Waals surface area contributed by atoms with Gasteiger partial charge in [-0.25, -0.2) is 4.79 Å². The molecule has 3 aromatic rings. The summed E-state index contributed by atoms with van der Waals surface area (Å²) in [6.07, 6.45) is 6.50. The molecule has 1 spiro atoms. The number of amides is 1. The van der Waals surface area contributed by atoms with E-state index in [1.165, 1.54) is 18.4 Å². The molecule has 6 heteroatoms. The SMILES string of the molecule is COc1cc(C(=O)N2CCC3(CC2)Cc2cc[c]cc2C(=O)O3)cc2c1c(C)cn2C1CC1. The number of esters is 1. The topological polar surface area (TPSA) is 60.8 Å². The molecule has 1 amide bonds. The number of aromatic nitrogens is 1. The fourth-order valence-electron chi connectivity index (χ4n) is 5.50. The first-order valence-corrected chi connectivity index (χ1v) is 11.7. The van der Waals surface area contributed by atoms with Crippen molar-refractivity contribution in [3.8, 4) is 5.75 Å². The molecule has 1 radical (unpaired) electrons. The van der Waals surface area contributed by atoms with Gasteiger partial charge in [0, 0.05) is 55.5 Å². The van der Waals surface area contributed by atoms with Crippen LogP contribution in [0.15, 0.2) is 36.5 Å². The molecule has 33 heavy (non-hydrogen) atoms. The van der Waals surface area contributed by atoms with Gasteiger partial charge in [0.05, 0.1) is 18.2 Å². The van der Waals surface area contributed by atoms with E-state index in [0.717, 1.165) is 22.2 Å². The third kappa shape index (κ3) is 3.31. The van der Waals surface area contributed by atoms with E-state index in [1.54, 1.807) is 13.2 Å². The molecule has 2 aliphatic heterocycles. The maximum atomic E-state index is 13.5. The molecule has 2 fully saturated rings. The summed E-state index contributed by atoms with van der Waals surface area (Å²) in [5.41, 5.74) is 3.98. The zero-order chi connectivity index (χ0) is 22.7. The van der Waals surface area contributed by atoms with E-state index in [1.807, 2.05) is 29.2 Å². The van der Waals surface area contributed by atoms with Gasteiger partial charge >= 0.3 is 5.97 Å². The zero-order valence-electron chi connectivity index (χ0n) is 19.0. The number of carbonyl (C=O) groups excluding carboxylic acids is 2. The molecular weight excluding hydrogens is 416 g/mol. The Morgan fingerprint density at radius 1 is 1.24 bits per heavy atom. The molecular formula is C27H27N2O4. The van der Waals surface area contributed by atoms with Crippen LogP contribution in [0, 0.1) is 13.0 Å². The highest BCUT2D eigenvalue weighted by atomic mass is 16.6. The molecule has 1 aromatic heterocycles. The lowest BCUT2D eigenvalue weighted by atomic mass is 9.81. The van der Waals surface area contributed by atoms with Gasteiger partial charge in [-0.2, -0.15) is 0 Å². The van der Waals surface area contributed by atoms with E-state index < -0.39 is 5.60 Å². The summed E-state index contributed by atoms with van der Waals surface area (Å²) < 4.78 is 13.9. The Balaban J connectivity index is 1.25. The summed E-state index contributed by atoms with van der Waals surface area (Å²) in [6, 6.07) is 12.9. The molecule has 0 atom stereocenters. The Morgan fingerprint density at radius 2 is 2.03 bits per heavy atom. The molecule has 6 nitrogen and oxygen atoms in total. The van der Waals surface area contributed by atoms with Crippen LogP contribution in [0.25, 0.3) is 10.9 Å². The van der Waals surface area contributed by atoms with Gasteiger partial charge in [-0.3, -0.25) is 4.79 Å². The van der Waals surface area contributed by atoms with Gasteiger partial charge < -0.3 is 18.9 Å². The first-order valence-electron chi connectivity index (χ1n) is 11.7. The van der Waals surface area contributed by atoms with Gasteiger partial charge in [0.2, 0.25) is 0 Å². The average molecular weight is 444 g/mol. The van der Waals surface area contributed by atoms with Crippen LogP contribution in [-0.4, -0.2) is 47.1 Å². The van der Waals surface area contributed by atoms with Crippen molar-refractivity contribution in [1.82, 2.24) is 9.47 Å². The maximum Gasteiger partial charge on any atom is 0.338 e. The van der Waals surface area contributed by atoms with E-state index in [9.17, 15) is 9.59 Å². The van der Waals surface area contributed by atoms with Gasteiger partial charge in [-0.15, -0.1) is 0 Å². The number of fused-ring (bicyclic) bond motifs is 2. The van der Waals surface area contributed by atoms with E-state index in [-0.39, 0.29) is 11.9 Å². The van der Waals surface area contributed by atoms with Crippen molar-refractivity contribution in [2.75, 3.05) is 20.2 Å². The smallest absolute Gasteiger partial charge is 0.338 e. The highest BCUT2D eigenvalue weighted by molar-refractivity contribution is 6.01. The van der Waals surface area contributed by atoms with Crippen LogP contribution in [0.3, 0.4) is 0 Å². The second-order valence-corrected chi connectivity index (χ2v) is 9.65. The van der Waals surface area contributed by atoms with Gasteiger partial charge in [0.25, 0.3) is 5.91 Å². The molecule has 1 saturated heterocycles. The number of piperidine rings is 1. The number of hydrogen-bond donors (Lipinski definition) is 0. The summed E-state index contributed by atoms with van der Waals surface area (Å²) in [7, 11) is 1.66. The predicted octanol–water partition coefficient (Wildman–Crippen LogP) is 4.48. The molecule has 3 heterocycles. The van der Waals surface area contributed by atoms with Crippen LogP contribution in [0.4, 0.5) is 0 Å². The van der Waals surface area contributed by atoms with Gasteiger partial charge in [-0.1, -0.05) is 12.1 Å². The Hall–Kier alpha value is -3.28. The Bertz CT molecular complexity index is 1280. The second kappa shape index (κ2) is 7.37. The minimum atomic E-state index is -0.526. The highest BCUT2D eigenvalue weighted by Gasteiger charge is 2.43. The number of likely N-dealkylation sites (tertiary alicyclic amines) is 1. The number of rotatable bonds is 3. The van der Waals surface area contributed by atoms with E-state index in [0.29, 0.717) is 49.5 Å². The van der Waals surface area contributed by atoms with Crippen LogP contribution in [-0.2, 0) is 11.2 Å². The lowest BCUT2D eigenvalue weighted by Crippen LogP contribution is -2.51. The van der Waals surface area contributed by atoms with Crippen LogP contribution in [0.1, 0.15) is 63.6 Å². The van der Waals surface area contributed by atoms with E-state index in [4.69, 9.17) is 9.47 Å². The third-order valence-electron chi connectivity index (χ3n) is 7.45. The number of aryl methyl sites for hydroxylation is 1. The van der Waals surface area contributed by atoms with Crippen molar-refractivity contribution in [3.63, 3.8) is 0 Å². The molecule has 2 aromatic carbocycles. The Morgan fingerprint density at radius 3 is 2.76 bits per heavy atom. The third-order valence-corrected chi connectivity index (χ3v) is 7.45. The molecule has 3 aliphatic rings. The first-order chi connectivity index (χ1) is 16.0. The summed E-state index contributed by atoms with van der Waals surface area (Å²) >= 11 is 0. The van der Waals surface area contributed by atoms with Crippen molar-refractivity contribution in [1.29, 1.82) is 0 Å². The van der Waals surface area contributed by atoms with Crippen molar-refractivity contribution in [2.45, 2.75) is 50.7 Å². The lowest BCUT2D eigenvalue weighted by molar-refractivity contribution is -0.0526. The van der Waals surface area contributed by atoms with Crippen molar-refractivity contribution in [2.24, 2.45) is 0 Å². The quantitative estimate of drug-likeness (QED) is 0.560. The molecule has 0 bridgehead atoms. The molecule has 0 N–H and O–H groups in total. The van der Waals surface area contributed by atoms with E-state index in [2.05, 4.69) is 23.8 Å². The number of nitrogens with zero attached hydrogens (tertiary/aromatic N) is 2. The Labute approximate surface area is 193 Å². The normalized spacial score (nSPS) is 19.5. The monoisotopic (exact) mass is 443 g/mol. The molecule has 6 rings (SSSR count). The fraction of sp³-hybridized carbons (Fsp3) is 0.407. The highest BCUT2D eigenvalue weighted by Crippen LogP contribution is 2.42. The summed E-state index contributed by atoms with van der Waals surface area (Å²) in [4.78, 5) is 27.9. The first kappa shape index (κ1) is 20.3. The number of ether oxygens (including phenoxy) is 2. The summed E-state index contributed by atoms with van der Waals surface area (Å²) in [5.74, 6) is 0.471. The van der Waals surface area contributed by atoms with Gasteiger partial charge in [-0.05, 0) is 55.2 Å². The van der Waals surface area contributed by atoms with Crippen LogP contribution >= 0.6 is 0 Å². The van der Waals surface area contributed by atoms with Crippen molar-refractivity contribution >= 4 is 22.8 Å². The number of carbonyl (C=O) groups is 2. The van der Waals surface area contributed by atoms with Crippen LogP contribution in [0.2, 0.25) is 0 Å². The zero-order valence-corrected chi connectivity index (χ0v) is 19.0. The largest absolute Gasteiger partial charge is 0.496 e. The van der Waals surface area contributed by atoms with Crippen molar-refractivity contribution < 1.29 is 19.1 Å². The average Bonchev–Trinajstić information content (AvgIpc) is 3.62. The summed E-state index contributed by atoms with van der Waals surface area (Å²) in [5, 5.41) is 1.09. The second-order valence-electron chi connectivity index (χ2n) is 9.65. The summed E-state index contributed by atoms with van der Waals surface area (Å²) in [6.45, 7) is 3.21. The standard InChI is InChI=1S/C27H27N2O4/c1-17-16-29(20-7-8-20)22-13-19(14-23(32-2)24(17)22)25(30)28-11-9-27(10-12-28)15-18-5-3-4-6-21(18)26(31)33-27/h3,5-6,13-14,16,20H,7-12,15H2,1-2H3. The molecule has 1 aliphatic carbocycles. The molecule has 0 unspecified atom stereocenters. The number of methoxy groups -OCH3 is 1. The van der Waals surface area contributed by atoms with Crippen molar-refractivity contribution in [3.05, 3.63) is 64.8 Å². The minimum absolute atomic E-state index is 0.00314. The number of hydrogen-bond acceptors (Lipinski definition) is 4. The maximum absolute atomic E-state index is 13.5. The molecule has 1 saturated carbocycles. The Kier molecular flexibility index (Phi) is 4.54. The van der Waals surface area contributed by atoms with Gasteiger partial charge in [0.1, 0.15) is 11.4 Å². The van der Waals surface area contributed by atoms with Crippen LogP contribution in [0.5, 0.6) is 5.75 Å². The minimum Gasteiger partial charge on any atom is -0.496 e. The lowest BCUT2D eigenvalue weighted by Gasteiger charge is -2.43. The number of benzene rings is 2. The van der Waals surface area contributed by atoms with E-state index >= 15 is 0 Å². The van der Waals surface area contributed by atoms with Gasteiger partial charge in [0.15, 0.2) is 0 Å². The van der Waals surface area contributed by atoms with Crippen LogP contribution < -0.4 is 4.74 Å². The molecule has 169 valence electrons.